The summed E-state index contributed by atoms with van der Waals surface area (Å²) in [4.78, 5) is 14.5. The van der Waals surface area contributed by atoms with Crippen molar-refractivity contribution < 1.29 is 4.79 Å². The van der Waals surface area contributed by atoms with Crippen molar-refractivity contribution in [3.05, 3.63) is 59.2 Å². The molecule has 0 radical (unpaired) electrons. The molecule has 3 heteroatoms. The number of nitrogens with zero attached hydrogens (tertiary/aromatic N) is 1. The van der Waals surface area contributed by atoms with E-state index in [0.29, 0.717) is 6.42 Å². The Labute approximate surface area is 125 Å². The first kappa shape index (κ1) is 13.7. The number of hydrogen-bond acceptors (Lipinski definition) is 2. The molecule has 2 aromatic carbocycles. The van der Waals surface area contributed by atoms with Crippen molar-refractivity contribution in [3.8, 4) is 0 Å². The van der Waals surface area contributed by atoms with Crippen LogP contribution in [0.25, 0.3) is 0 Å². The summed E-state index contributed by atoms with van der Waals surface area (Å²) in [5.41, 5.74) is 11.2. The van der Waals surface area contributed by atoms with Gasteiger partial charge in [0.25, 0.3) is 0 Å². The van der Waals surface area contributed by atoms with Crippen molar-refractivity contribution in [3.63, 3.8) is 0 Å². The van der Waals surface area contributed by atoms with Crippen molar-refractivity contribution >= 4 is 17.3 Å². The van der Waals surface area contributed by atoms with Crippen LogP contribution < -0.4 is 10.6 Å². The van der Waals surface area contributed by atoms with E-state index in [1.165, 1.54) is 5.56 Å². The van der Waals surface area contributed by atoms with Crippen LogP contribution in [0.1, 0.15) is 23.1 Å². The first-order valence-corrected chi connectivity index (χ1v) is 7.38. The smallest absolute Gasteiger partial charge is 0.231 e. The summed E-state index contributed by atoms with van der Waals surface area (Å²) in [5.74, 6) is 0.144. The molecule has 0 saturated carbocycles. The van der Waals surface area contributed by atoms with E-state index in [9.17, 15) is 4.79 Å². The monoisotopic (exact) mass is 280 g/mol. The number of carbonyl (C=O) groups excluding carboxylic acids is 1. The molecule has 1 amide bonds. The topological polar surface area (TPSA) is 46.3 Å². The quantitative estimate of drug-likeness (QED) is 0.859. The van der Waals surface area contributed by atoms with Crippen molar-refractivity contribution in [1.29, 1.82) is 0 Å². The highest BCUT2D eigenvalue weighted by atomic mass is 16.2. The Hall–Kier alpha value is -2.29. The van der Waals surface area contributed by atoms with Crippen LogP contribution in [0.2, 0.25) is 0 Å². The Morgan fingerprint density at radius 3 is 2.71 bits per heavy atom. The maximum atomic E-state index is 12.6. The number of rotatable bonds is 2. The number of benzene rings is 2. The van der Waals surface area contributed by atoms with Crippen LogP contribution in [0.15, 0.2) is 42.5 Å². The number of hydrogen-bond donors (Lipinski definition) is 1. The second-order valence-corrected chi connectivity index (χ2v) is 5.66. The van der Waals surface area contributed by atoms with Gasteiger partial charge in [0, 0.05) is 17.9 Å². The second kappa shape index (κ2) is 5.60. The van der Waals surface area contributed by atoms with E-state index in [4.69, 9.17) is 5.73 Å². The number of aryl methyl sites for hydroxylation is 1. The highest BCUT2D eigenvalue weighted by molar-refractivity contribution is 5.96. The lowest BCUT2D eigenvalue weighted by Crippen LogP contribution is -2.36. The number of carbonyl (C=O) groups is 1. The summed E-state index contributed by atoms with van der Waals surface area (Å²) in [6.07, 6.45) is 2.37. The maximum absolute atomic E-state index is 12.6. The Morgan fingerprint density at radius 2 is 1.95 bits per heavy atom. The molecule has 108 valence electrons. The van der Waals surface area contributed by atoms with Crippen LogP contribution in [0, 0.1) is 6.92 Å². The minimum atomic E-state index is 0.144. The van der Waals surface area contributed by atoms with Gasteiger partial charge in [0.1, 0.15) is 0 Å². The van der Waals surface area contributed by atoms with Crippen molar-refractivity contribution in [2.75, 3.05) is 17.2 Å². The van der Waals surface area contributed by atoms with Gasteiger partial charge in [-0.15, -0.1) is 0 Å². The van der Waals surface area contributed by atoms with E-state index in [1.54, 1.807) is 0 Å². The molecule has 3 nitrogen and oxygen atoms in total. The molecule has 1 heterocycles. The molecule has 2 N–H and O–H groups in total. The summed E-state index contributed by atoms with van der Waals surface area (Å²) < 4.78 is 0. The van der Waals surface area contributed by atoms with Gasteiger partial charge in [-0.3, -0.25) is 4.79 Å². The van der Waals surface area contributed by atoms with Crippen LogP contribution >= 0.6 is 0 Å². The Balaban J connectivity index is 1.83. The summed E-state index contributed by atoms with van der Waals surface area (Å²) in [6, 6.07) is 14.0. The van der Waals surface area contributed by atoms with Gasteiger partial charge < -0.3 is 10.6 Å². The van der Waals surface area contributed by atoms with Crippen molar-refractivity contribution in [2.45, 2.75) is 26.2 Å². The number of fused-ring (bicyclic) bond motifs is 1. The molecule has 3 rings (SSSR count). The molecular weight excluding hydrogens is 260 g/mol. The van der Waals surface area contributed by atoms with E-state index in [0.717, 1.165) is 41.9 Å². The zero-order chi connectivity index (χ0) is 14.8. The van der Waals surface area contributed by atoms with Gasteiger partial charge in [-0.2, -0.15) is 0 Å². The highest BCUT2D eigenvalue weighted by Crippen LogP contribution is 2.31. The van der Waals surface area contributed by atoms with Gasteiger partial charge in [0.05, 0.1) is 6.42 Å². The lowest BCUT2D eigenvalue weighted by Gasteiger charge is -2.30. The first-order valence-electron chi connectivity index (χ1n) is 7.38. The van der Waals surface area contributed by atoms with E-state index in [-0.39, 0.29) is 5.91 Å². The molecule has 1 aliphatic rings. The van der Waals surface area contributed by atoms with Crippen LogP contribution in [-0.4, -0.2) is 12.5 Å². The van der Waals surface area contributed by atoms with Crippen LogP contribution in [0.3, 0.4) is 0 Å². The van der Waals surface area contributed by atoms with Gasteiger partial charge in [0.15, 0.2) is 0 Å². The minimum Gasteiger partial charge on any atom is -0.398 e. The molecule has 0 unspecified atom stereocenters. The number of nitrogen functional groups attached to an aromatic ring is 1. The average Bonchev–Trinajstić information content (AvgIpc) is 2.49. The third-order valence-corrected chi connectivity index (χ3v) is 4.06. The summed E-state index contributed by atoms with van der Waals surface area (Å²) in [6.45, 7) is 2.83. The van der Waals surface area contributed by atoms with E-state index >= 15 is 0 Å². The zero-order valence-electron chi connectivity index (χ0n) is 12.3. The molecule has 21 heavy (non-hydrogen) atoms. The van der Waals surface area contributed by atoms with Gasteiger partial charge in [-0.25, -0.2) is 0 Å². The summed E-state index contributed by atoms with van der Waals surface area (Å²) in [5, 5.41) is 0. The maximum Gasteiger partial charge on any atom is 0.231 e. The first-order chi connectivity index (χ1) is 10.1. The third kappa shape index (κ3) is 2.77. The second-order valence-electron chi connectivity index (χ2n) is 5.66. The van der Waals surface area contributed by atoms with Crippen molar-refractivity contribution in [1.82, 2.24) is 0 Å². The number of nitrogens with two attached hydrogens (primary N) is 1. The predicted octanol–water partition coefficient (Wildman–Crippen LogP) is 3.10. The third-order valence-electron chi connectivity index (χ3n) is 4.06. The van der Waals surface area contributed by atoms with Crippen LogP contribution in [0.5, 0.6) is 0 Å². The number of anilines is 2. The number of amides is 1. The Morgan fingerprint density at radius 1 is 1.19 bits per heavy atom. The SMILES string of the molecule is Cc1ccc(CC(=O)N2CCCc3c(N)cccc32)cc1. The summed E-state index contributed by atoms with van der Waals surface area (Å²) in [7, 11) is 0. The van der Waals surface area contributed by atoms with Gasteiger partial charge >= 0.3 is 0 Å². The van der Waals surface area contributed by atoms with Gasteiger partial charge in [-0.05, 0) is 43.0 Å². The molecule has 2 aromatic rings. The average molecular weight is 280 g/mol. The highest BCUT2D eigenvalue weighted by Gasteiger charge is 2.23. The molecular formula is C18H20N2O. The molecule has 0 bridgehead atoms. The minimum absolute atomic E-state index is 0.144. The predicted molar refractivity (Wildman–Crippen MR) is 86.4 cm³/mol. The molecule has 0 atom stereocenters. The molecule has 0 aromatic heterocycles. The summed E-state index contributed by atoms with van der Waals surface area (Å²) >= 11 is 0. The molecule has 1 aliphatic heterocycles. The van der Waals surface area contributed by atoms with Gasteiger partial charge in [-0.1, -0.05) is 35.9 Å². The van der Waals surface area contributed by atoms with Gasteiger partial charge in [0.2, 0.25) is 5.91 Å². The molecule has 0 fully saturated rings. The lowest BCUT2D eigenvalue weighted by molar-refractivity contribution is -0.118. The lowest BCUT2D eigenvalue weighted by atomic mass is 9.99. The molecule has 0 saturated heterocycles. The van der Waals surface area contributed by atoms with Crippen molar-refractivity contribution in [2.24, 2.45) is 0 Å². The molecule has 0 aliphatic carbocycles. The fourth-order valence-corrected chi connectivity index (χ4v) is 2.89. The Kier molecular flexibility index (Phi) is 3.65. The standard InChI is InChI=1S/C18H20N2O/c1-13-7-9-14(10-8-13)12-18(21)20-11-3-4-15-16(19)5-2-6-17(15)20/h2,5-10H,3-4,11-12,19H2,1H3. The van der Waals surface area contributed by atoms with E-state index in [2.05, 4.69) is 6.92 Å². The van der Waals surface area contributed by atoms with Crippen LogP contribution in [-0.2, 0) is 17.6 Å². The van der Waals surface area contributed by atoms with E-state index < -0.39 is 0 Å². The largest absolute Gasteiger partial charge is 0.398 e. The zero-order valence-corrected chi connectivity index (χ0v) is 12.3. The normalized spacial score (nSPS) is 13.9. The van der Waals surface area contributed by atoms with Crippen LogP contribution in [0.4, 0.5) is 11.4 Å². The molecule has 0 spiro atoms. The Bertz CT molecular complexity index is 661. The van der Waals surface area contributed by atoms with E-state index in [1.807, 2.05) is 47.4 Å². The fourth-order valence-electron chi connectivity index (χ4n) is 2.89. The fraction of sp³-hybridized carbons (Fsp3) is 0.278.